The van der Waals surface area contributed by atoms with Crippen LogP contribution in [0, 0.1) is 11.8 Å². The third-order valence-corrected chi connectivity index (χ3v) is 3.47. The summed E-state index contributed by atoms with van der Waals surface area (Å²) in [5.41, 5.74) is -1.18. The number of ether oxygens (including phenoxy) is 2. The monoisotopic (exact) mass is 447 g/mol. The quantitative estimate of drug-likeness (QED) is 0.490. The van der Waals surface area contributed by atoms with Gasteiger partial charge in [-0.15, -0.1) is 0 Å². The summed E-state index contributed by atoms with van der Waals surface area (Å²) in [4.78, 5) is 45.0. The number of rotatable bonds is 6. The summed E-state index contributed by atoms with van der Waals surface area (Å²) in [5, 5.41) is 16.2. The number of nitrogens with one attached hydrogen (secondary N) is 3. The predicted molar refractivity (Wildman–Crippen MR) is 118 cm³/mol. The fourth-order valence-electron chi connectivity index (χ4n) is 2.07. The van der Waals surface area contributed by atoms with Crippen molar-refractivity contribution in [2.75, 3.05) is 7.05 Å². The van der Waals surface area contributed by atoms with Gasteiger partial charge in [-0.25, -0.2) is 14.4 Å². The van der Waals surface area contributed by atoms with Crippen molar-refractivity contribution >= 4 is 24.1 Å². The highest BCUT2D eigenvalue weighted by Crippen LogP contribution is 2.09. The number of carbonyl (C=O) groups is 4. The van der Waals surface area contributed by atoms with Crippen LogP contribution >= 0.6 is 0 Å². The molecule has 31 heavy (non-hydrogen) atoms. The maximum Gasteiger partial charge on any atom is 0.408 e. The molecule has 0 aromatic rings. The fraction of sp³-hybridized carbons (Fsp3) is 0.810. The second-order valence-corrected chi connectivity index (χ2v) is 9.69. The van der Waals surface area contributed by atoms with Crippen molar-refractivity contribution in [1.29, 1.82) is 0 Å². The topological polar surface area (TPSA) is 143 Å². The van der Waals surface area contributed by atoms with Gasteiger partial charge in [-0.05, 0) is 53.4 Å². The molecule has 0 spiro atoms. The highest BCUT2D eigenvalue weighted by molar-refractivity contribution is 5.85. The lowest BCUT2D eigenvalue weighted by atomic mass is 10.0. The van der Waals surface area contributed by atoms with Crippen LogP contribution in [-0.4, -0.2) is 59.5 Å². The molecule has 0 aromatic heterocycles. The Balaban J connectivity index is 0. The van der Waals surface area contributed by atoms with Crippen LogP contribution in [0.3, 0.4) is 0 Å². The maximum absolute atomic E-state index is 11.5. The van der Waals surface area contributed by atoms with Crippen LogP contribution in [-0.2, 0) is 19.1 Å². The largest absolute Gasteiger partial charge is 0.480 e. The number of hydrogen-bond acceptors (Lipinski definition) is 6. The lowest BCUT2D eigenvalue weighted by Crippen LogP contribution is -2.50. The van der Waals surface area contributed by atoms with Gasteiger partial charge in [-0.1, -0.05) is 27.7 Å². The van der Waals surface area contributed by atoms with Gasteiger partial charge in [0.1, 0.15) is 23.3 Å². The molecule has 0 saturated carbocycles. The SMILES string of the molecule is CC(C)C(NC(=O)OC(C)(C)C)C(=O)O.CNC(=O)C(NC(=O)OC(C)(C)C)C(C)C. The van der Waals surface area contributed by atoms with Crippen molar-refractivity contribution in [3.63, 3.8) is 0 Å². The van der Waals surface area contributed by atoms with Crippen molar-refractivity contribution in [2.24, 2.45) is 11.8 Å². The number of carbonyl (C=O) groups excluding carboxylic acids is 3. The summed E-state index contributed by atoms with van der Waals surface area (Å²) < 4.78 is 10.0. The first kappa shape index (κ1) is 30.7. The van der Waals surface area contributed by atoms with E-state index in [1.54, 1.807) is 55.4 Å². The Bertz CT molecular complexity index is 605. The molecule has 0 radical (unpaired) electrons. The summed E-state index contributed by atoms with van der Waals surface area (Å²) in [7, 11) is 1.54. The first-order valence-corrected chi connectivity index (χ1v) is 10.2. The van der Waals surface area contributed by atoms with Gasteiger partial charge in [0, 0.05) is 7.05 Å². The van der Waals surface area contributed by atoms with Gasteiger partial charge < -0.3 is 30.5 Å². The van der Waals surface area contributed by atoms with E-state index < -0.39 is 41.4 Å². The van der Waals surface area contributed by atoms with Crippen molar-refractivity contribution < 1.29 is 33.8 Å². The van der Waals surface area contributed by atoms with E-state index in [9.17, 15) is 19.2 Å². The van der Waals surface area contributed by atoms with Crippen LogP contribution in [0.15, 0.2) is 0 Å². The predicted octanol–water partition coefficient (Wildman–Crippen LogP) is 2.90. The van der Waals surface area contributed by atoms with Gasteiger partial charge in [0.05, 0.1) is 0 Å². The summed E-state index contributed by atoms with van der Waals surface area (Å²) >= 11 is 0. The van der Waals surface area contributed by atoms with E-state index in [-0.39, 0.29) is 17.7 Å². The summed E-state index contributed by atoms with van der Waals surface area (Å²) in [6, 6.07) is -1.49. The van der Waals surface area contributed by atoms with Gasteiger partial charge >= 0.3 is 18.2 Å². The van der Waals surface area contributed by atoms with Gasteiger partial charge in [-0.3, -0.25) is 4.79 Å². The molecule has 0 saturated heterocycles. The molecule has 0 aliphatic carbocycles. The number of aliphatic carboxylic acids is 1. The van der Waals surface area contributed by atoms with Gasteiger partial charge in [0.15, 0.2) is 0 Å². The highest BCUT2D eigenvalue weighted by atomic mass is 16.6. The molecule has 0 heterocycles. The Hall–Kier alpha value is -2.52. The minimum Gasteiger partial charge on any atom is -0.480 e. The zero-order chi connectivity index (χ0) is 25.2. The third kappa shape index (κ3) is 15.9. The Morgan fingerprint density at radius 2 is 1.03 bits per heavy atom. The molecule has 2 unspecified atom stereocenters. The number of likely N-dealkylation sites (N-methyl/N-ethyl adjacent to an activating group) is 1. The molecule has 182 valence electrons. The Labute approximate surface area is 185 Å². The molecular weight excluding hydrogens is 406 g/mol. The molecule has 2 atom stereocenters. The number of alkyl carbamates (subject to hydrolysis) is 2. The van der Waals surface area contributed by atoms with Gasteiger partial charge in [0.2, 0.25) is 5.91 Å². The summed E-state index contributed by atoms with van der Waals surface area (Å²) in [5.74, 6) is -1.46. The average Bonchev–Trinajstić information content (AvgIpc) is 2.53. The maximum atomic E-state index is 11.5. The van der Waals surface area contributed by atoms with E-state index in [0.717, 1.165) is 0 Å². The van der Waals surface area contributed by atoms with E-state index in [4.69, 9.17) is 14.6 Å². The lowest BCUT2D eigenvalue weighted by molar-refractivity contribution is -0.140. The first-order valence-electron chi connectivity index (χ1n) is 10.2. The normalized spacial score (nSPS) is 13.3. The molecule has 3 amide bonds. The molecule has 0 aliphatic rings. The number of hydrogen-bond donors (Lipinski definition) is 4. The number of amides is 3. The smallest absolute Gasteiger partial charge is 0.408 e. The molecule has 0 bridgehead atoms. The number of carboxylic acid groups (broad SMARTS) is 1. The third-order valence-electron chi connectivity index (χ3n) is 3.47. The molecule has 0 aromatic carbocycles. The minimum atomic E-state index is -1.06. The molecule has 0 rings (SSSR count). The van der Waals surface area contributed by atoms with Crippen LogP contribution in [0.4, 0.5) is 9.59 Å². The van der Waals surface area contributed by atoms with Crippen molar-refractivity contribution in [3.8, 4) is 0 Å². The Morgan fingerprint density at radius 3 is 1.26 bits per heavy atom. The summed E-state index contributed by atoms with van der Waals surface area (Å²) in [6.45, 7) is 17.6. The standard InChI is InChI=1S/C11H22N2O3.C10H19NO4/c1-7(2)8(9(14)12-6)13-10(15)16-11(3,4)5;1-6(2)7(8(12)13)11-9(14)15-10(3,4)5/h7-8H,1-6H3,(H,12,14)(H,13,15);6-7H,1-5H3,(H,11,14)(H,12,13). The highest BCUT2D eigenvalue weighted by Gasteiger charge is 2.27. The second kappa shape index (κ2) is 13.0. The average molecular weight is 448 g/mol. The van der Waals surface area contributed by atoms with E-state index in [2.05, 4.69) is 16.0 Å². The van der Waals surface area contributed by atoms with Crippen LogP contribution in [0.1, 0.15) is 69.2 Å². The lowest BCUT2D eigenvalue weighted by Gasteiger charge is -2.24. The van der Waals surface area contributed by atoms with Crippen LogP contribution < -0.4 is 16.0 Å². The van der Waals surface area contributed by atoms with Crippen molar-refractivity contribution in [3.05, 3.63) is 0 Å². The molecular formula is C21H41N3O7. The van der Waals surface area contributed by atoms with E-state index in [0.29, 0.717) is 0 Å². The van der Waals surface area contributed by atoms with E-state index in [1.165, 1.54) is 7.05 Å². The number of carboxylic acids is 1. The zero-order valence-corrected chi connectivity index (χ0v) is 20.7. The van der Waals surface area contributed by atoms with E-state index >= 15 is 0 Å². The van der Waals surface area contributed by atoms with E-state index in [1.807, 2.05) is 13.8 Å². The fourth-order valence-corrected chi connectivity index (χ4v) is 2.07. The molecule has 4 N–H and O–H groups in total. The first-order chi connectivity index (χ1) is 13.8. The van der Waals surface area contributed by atoms with Gasteiger partial charge in [0.25, 0.3) is 0 Å². The Kier molecular flexibility index (Phi) is 12.9. The van der Waals surface area contributed by atoms with Crippen molar-refractivity contribution in [1.82, 2.24) is 16.0 Å². The van der Waals surface area contributed by atoms with Crippen LogP contribution in [0.2, 0.25) is 0 Å². The zero-order valence-electron chi connectivity index (χ0n) is 20.7. The second-order valence-electron chi connectivity index (χ2n) is 9.69. The van der Waals surface area contributed by atoms with Gasteiger partial charge in [-0.2, -0.15) is 0 Å². The Morgan fingerprint density at radius 1 is 0.710 bits per heavy atom. The molecule has 10 nitrogen and oxygen atoms in total. The van der Waals surface area contributed by atoms with Crippen molar-refractivity contribution in [2.45, 2.75) is 92.5 Å². The molecule has 10 heteroatoms. The summed E-state index contributed by atoms with van der Waals surface area (Å²) in [6.07, 6.45) is -1.28. The van der Waals surface area contributed by atoms with Crippen LogP contribution in [0.25, 0.3) is 0 Å². The molecule has 0 fully saturated rings. The molecule has 0 aliphatic heterocycles. The van der Waals surface area contributed by atoms with Crippen LogP contribution in [0.5, 0.6) is 0 Å². The minimum absolute atomic E-state index is 0.00692.